The quantitative estimate of drug-likeness (QED) is 0.727. The Balaban J connectivity index is 1.76. The van der Waals surface area contributed by atoms with Crippen LogP contribution in [0.15, 0.2) is 48.5 Å². The molecule has 2 aromatic carbocycles. The first-order valence-electron chi connectivity index (χ1n) is 6.44. The maximum Gasteiger partial charge on any atom is 0.261 e. The fourth-order valence-corrected chi connectivity index (χ4v) is 3.08. The van der Waals surface area contributed by atoms with Crippen molar-refractivity contribution in [1.82, 2.24) is 5.32 Å². The van der Waals surface area contributed by atoms with Crippen LogP contribution in [0.2, 0.25) is 0 Å². The smallest absolute Gasteiger partial charge is 0.261 e. The number of hydrogen-bond donors (Lipinski definition) is 2. The topological polar surface area (TPSA) is 55.1 Å². The zero-order valence-corrected chi connectivity index (χ0v) is 11.9. The highest BCUT2D eigenvalue weighted by Crippen LogP contribution is 2.26. The molecule has 0 aliphatic rings. The lowest BCUT2D eigenvalue weighted by Gasteiger charge is -2.06. The summed E-state index contributed by atoms with van der Waals surface area (Å²) in [6, 6.07) is 13.7. The van der Waals surface area contributed by atoms with Gasteiger partial charge in [-0.15, -0.1) is 11.3 Å². The molecule has 0 bridgehead atoms. The van der Waals surface area contributed by atoms with E-state index in [9.17, 15) is 9.18 Å². The largest absolute Gasteiger partial charge is 0.398 e. The first-order chi connectivity index (χ1) is 10.1. The maximum atomic E-state index is 13.2. The second-order valence-corrected chi connectivity index (χ2v) is 5.76. The highest BCUT2D eigenvalue weighted by molar-refractivity contribution is 7.20. The van der Waals surface area contributed by atoms with Crippen molar-refractivity contribution in [2.75, 3.05) is 5.73 Å². The van der Waals surface area contributed by atoms with E-state index in [-0.39, 0.29) is 11.7 Å². The van der Waals surface area contributed by atoms with Crippen molar-refractivity contribution in [3.05, 3.63) is 64.8 Å². The summed E-state index contributed by atoms with van der Waals surface area (Å²) in [5, 5.41) is 3.70. The molecule has 5 heteroatoms. The summed E-state index contributed by atoms with van der Waals surface area (Å²) in [6.45, 7) is 0.369. The van der Waals surface area contributed by atoms with E-state index in [1.165, 1.54) is 23.5 Å². The monoisotopic (exact) mass is 300 g/mol. The summed E-state index contributed by atoms with van der Waals surface area (Å²) in [7, 11) is 0. The highest BCUT2D eigenvalue weighted by atomic mass is 32.1. The van der Waals surface area contributed by atoms with Crippen LogP contribution in [-0.4, -0.2) is 5.91 Å². The summed E-state index contributed by atoms with van der Waals surface area (Å²) in [6.07, 6.45) is 0. The lowest BCUT2D eigenvalue weighted by Crippen LogP contribution is -2.22. The van der Waals surface area contributed by atoms with Gasteiger partial charge in [-0.05, 0) is 35.2 Å². The third-order valence-corrected chi connectivity index (χ3v) is 4.30. The number of hydrogen-bond acceptors (Lipinski definition) is 3. The Hall–Kier alpha value is -2.40. The Morgan fingerprint density at radius 3 is 2.81 bits per heavy atom. The van der Waals surface area contributed by atoms with Crippen LogP contribution in [-0.2, 0) is 6.54 Å². The Labute approximate surface area is 125 Å². The van der Waals surface area contributed by atoms with Crippen molar-refractivity contribution in [3.63, 3.8) is 0 Å². The number of para-hydroxylation sites is 1. The van der Waals surface area contributed by atoms with Gasteiger partial charge < -0.3 is 11.1 Å². The Kier molecular flexibility index (Phi) is 3.58. The molecule has 3 N–H and O–H groups in total. The molecule has 0 spiro atoms. The lowest BCUT2D eigenvalue weighted by molar-refractivity contribution is 0.0955. The molecule has 106 valence electrons. The molecule has 0 saturated heterocycles. The van der Waals surface area contributed by atoms with Crippen molar-refractivity contribution in [2.45, 2.75) is 6.54 Å². The number of carbonyl (C=O) groups excluding carboxylic acids is 1. The maximum absolute atomic E-state index is 13.2. The van der Waals surface area contributed by atoms with Gasteiger partial charge in [-0.1, -0.05) is 24.3 Å². The van der Waals surface area contributed by atoms with Crippen molar-refractivity contribution in [3.8, 4) is 0 Å². The predicted octanol–water partition coefficient (Wildman–Crippen LogP) is 3.55. The van der Waals surface area contributed by atoms with E-state index < -0.39 is 0 Å². The zero-order valence-electron chi connectivity index (χ0n) is 11.1. The van der Waals surface area contributed by atoms with E-state index in [1.807, 2.05) is 18.2 Å². The number of carbonyl (C=O) groups is 1. The number of nitrogen functional groups attached to an aromatic ring is 1. The van der Waals surface area contributed by atoms with Crippen molar-refractivity contribution >= 4 is 33.0 Å². The van der Waals surface area contributed by atoms with Gasteiger partial charge >= 0.3 is 0 Å². The summed E-state index contributed by atoms with van der Waals surface area (Å²) in [4.78, 5) is 12.7. The van der Waals surface area contributed by atoms with E-state index in [0.29, 0.717) is 17.1 Å². The lowest BCUT2D eigenvalue weighted by atomic mass is 10.2. The van der Waals surface area contributed by atoms with E-state index >= 15 is 0 Å². The number of amides is 1. The zero-order chi connectivity index (χ0) is 14.8. The molecule has 0 aliphatic heterocycles. The number of nitrogens with one attached hydrogen (secondary N) is 1. The molecule has 0 aliphatic carbocycles. The molecule has 3 nitrogen and oxygen atoms in total. The minimum atomic E-state index is -0.298. The van der Waals surface area contributed by atoms with E-state index in [2.05, 4.69) is 5.32 Å². The van der Waals surface area contributed by atoms with Gasteiger partial charge in [0.2, 0.25) is 0 Å². The second-order valence-electron chi connectivity index (χ2n) is 4.67. The third-order valence-electron chi connectivity index (χ3n) is 3.20. The molecular formula is C16H13FN2OS. The van der Waals surface area contributed by atoms with Gasteiger partial charge in [-0.2, -0.15) is 0 Å². The molecule has 0 atom stereocenters. The molecule has 0 unspecified atom stereocenters. The van der Waals surface area contributed by atoms with Crippen LogP contribution in [0, 0.1) is 5.82 Å². The Morgan fingerprint density at radius 1 is 1.19 bits per heavy atom. The van der Waals surface area contributed by atoms with Crippen LogP contribution >= 0.6 is 11.3 Å². The number of rotatable bonds is 3. The summed E-state index contributed by atoms with van der Waals surface area (Å²) in [5.74, 6) is -0.478. The van der Waals surface area contributed by atoms with Crippen molar-refractivity contribution in [2.24, 2.45) is 0 Å². The fourth-order valence-electron chi connectivity index (χ4n) is 2.07. The standard InChI is InChI=1S/C16H13FN2OS/c17-12-6-5-10-7-15(21-14(10)8-12)16(20)19-9-11-3-1-2-4-13(11)18/h1-8H,9,18H2,(H,19,20). The average Bonchev–Trinajstić information content (AvgIpc) is 2.89. The number of anilines is 1. The number of fused-ring (bicyclic) bond motifs is 1. The molecular weight excluding hydrogens is 287 g/mol. The first kappa shape index (κ1) is 13.6. The van der Waals surface area contributed by atoms with Crippen LogP contribution in [0.25, 0.3) is 10.1 Å². The van der Waals surface area contributed by atoms with Crippen LogP contribution < -0.4 is 11.1 Å². The van der Waals surface area contributed by atoms with E-state index in [0.717, 1.165) is 15.6 Å². The van der Waals surface area contributed by atoms with Crippen molar-refractivity contribution < 1.29 is 9.18 Å². The summed E-state index contributed by atoms with van der Waals surface area (Å²) in [5.41, 5.74) is 7.36. The van der Waals surface area contributed by atoms with Gasteiger partial charge in [-0.3, -0.25) is 4.79 Å². The Bertz CT molecular complexity index is 813. The highest BCUT2D eigenvalue weighted by Gasteiger charge is 2.11. The second kappa shape index (κ2) is 5.54. The van der Waals surface area contributed by atoms with Gasteiger partial charge in [0.05, 0.1) is 4.88 Å². The predicted molar refractivity (Wildman–Crippen MR) is 83.8 cm³/mol. The van der Waals surface area contributed by atoms with Gasteiger partial charge in [0.15, 0.2) is 0 Å². The normalized spacial score (nSPS) is 10.7. The fraction of sp³-hybridized carbons (Fsp3) is 0.0625. The van der Waals surface area contributed by atoms with E-state index in [1.54, 1.807) is 18.2 Å². The molecule has 0 fully saturated rings. The van der Waals surface area contributed by atoms with E-state index in [4.69, 9.17) is 5.73 Å². The number of nitrogens with two attached hydrogens (primary N) is 1. The molecule has 0 radical (unpaired) electrons. The van der Waals surface area contributed by atoms with Crippen LogP contribution in [0.4, 0.5) is 10.1 Å². The Morgan fingerprint density at radius 2 is 2.00 bits per heavy atom. The molecule has 21 heavy (non-hydrogen) atoms. The van der Waals surface area contributed by atoms with Crippen LogP contribution in [0.5, 0.6) is 0 Å². The van der Waals surface area contributed by atoms with Crippen LogP contribution in [0.1, 0.15) is 15.2 Å². The first-order valence-corrected chi connectivity index (χ1v) is 7.26. The molecule has 3 aromatic rings. The van der Waals surface area contributed by atoms with Crippen LogP contribution in [0.3, 0.4) is 0 Å². The number of halogens is 1. The van der Waals surface area contributed by atoms with Gasteiger partial charge in [0, 0.05) is 16.9 Å². The average molecular weight is 300 g/mol. The third kappa shape index (κ3) is 2.87. The number of thiophene rings is 1. The molecule has 1 heterocycles. The van der Waals surface area contributed by atoms with Gasteiger partial charge in [0.1, 0.15) is 5.82 Å². The summed E-state index contributed by atoms with van der Waals surface area (Å²) >= 11 is 1.28. The molecule has 3 rings (SSSR count). The number of benzene rings is 2. The molecule has 1 amide bonds. The minimum Gasteiger partial charge on any atom is -0.398 e. The molecule has 0 saturated carbocycles. The van der Waals surface area contributed by atoms with Gasteiger partial charge in [0.25, 0.3) is 5.91 Å². The minimum absolute atomic E-state index is 0.181. The van der Waals surface area contributed by atoms with Crippen molar-refractivity contribution in [1.29, 1.82) is 0 Å². The molecule has 1 aromatic heterocycles. The SMILES string of the molecule is Nc1ccccc1CNC(=O)c1cc2ccc(F)cc2s1. The summed E-state index contributed by atoms with van der Waals surface area (Å²) < 4.78 is 13.9. The van der Waals surface area contributed by atoms with Gasteiger partial charge in [-0.25, -0.2) is 4.39 Å².